The van der Waals surface area contributed by atoms with Crippen molar-refractivity contribution in [1.29, 1.82) is 0 Å². The van der Waals surface area contributed by atoms with Gasteiger partial charge in [0, 0.05) is 5.69 Å². The molecule has 3 rings (SSSR count). The molecule has 2 aromatic rings. The molecular formula is C20H19NO5. The van der Waals surface area contributed by atoms with Crippen molar-refractivity contribution < 1.29 is 23.8 Å². The van der Waals surface area contributed by atoms with Crippen LogP contribution in [-0.2, 0) is 30.2 Å². The van der Waals surface area contributed by atoms with E-state index in [-0.39, 0.29) is 12.4 Å². The van der Waals surface area contributed by atoms with Crippen LogP contribution in [0.1, 0.15) is 11.1 Å². The zero-order valence-corrected chi connectivity index (χ0v) is 14.1. The van der Waals surface area contributed by atoms with Crippen LogP contribution in [0.2, 0.25) is 0 Å². The number of hydrogen-bond acceptors (Lipinski definition) is 5. The van der Waals surface area contributed by atoms with Gasteiger partial charge in [0.1, 0.15) is 19.5 Å². The number of carbonyl (C=O) groups excluding carboxylic acids is 2. The predicted molar refractivity (Wildman–Crippen MR) is 95.3 cm³/mol. The molecule has 1 aliphatic heterocycles. The first-order chi connectivity index (χ1) is 12.7. The third-order valence-corrected chi connectivity index (χ3v) is 3.71. The quantitative estimate of drug-likeness (QED) is 0.808. The Bertz CT molecular complexity index is 801. The number of anilines is 1. The number of amides is 1. The van der Waals surface area contributed by atoms with Gasteiger partial charge in [0.15, 0.2) is 6.61 Å². The number of benzene rings is 2. The minimum absolute atomic E-state index is 0.0338. The monoisotopic (exact) mass is 353 g/mol. The molecule has 0 atom stereocenters. The van der Waals surface area contributed by atoms with Gasteiger partial charge in [-0.2, -0.15) is 0 Å². The lowest BCUT2D eigenvalue weighted by molar-refractivity contribution is -0.148. The summed E-state index contributed by atoms with van der Waals surface area (Å²) in [5, 5.41) is 2.78. The summed E-state index contributed by atoms with van der Waals surface area (Å²) in [4.78, 5) is 23.9. The van der Waals surface area contributed by atoms with Gasteiger partial charge in [-0.1, -0.05) is 48.5 Å². The van der Waals surface area contributed by atoms with E-state index in [1.54, 1.807) is 0 Å². The fraction of sp³-hybridized carbons (Fsp3) is 0.200. The Morgan fingerprint density at radius 1 is 1.00 bits per heavy atom. The topological polar surface area (TPSA) is 73.9 Å². The highest BCUT2D eigenvalue weighted by Gasteiger charge is 2.18. The van der Waals surface area contributed by atoms with Crippen LogP contribution >= 0.6 is 0 Å². The van der Waals surface area contributed by atoms with Crippen LogP contribution < -0.4 is 5.32 Å². The molecule has 0 unspecified atom stereocenters. The molecule has 0 saturated carbocycles. The van der Waals surface area contributed by atoms with E-state index in [1.165, 1.54) is 6.26 Å². The number of carbonyl (C=O) groups is 2. The summed E-state index contributed by atoms with van der Waals surface area (Å²) in [6, 6.07) is 17.5. The molecule has 26 heavy (non-hydrogen) atoms. The van der Waals surface area contributed by atoms with E-state index in [2.05, 4.69) is 5.32 Å². The van der Waals surface area contributed by atoms with Crippen LogP contribution in [0.25, 0.3) is 0 Å². The summed E-state index contributed by atoms with van der Waals surface area (Å²) in [7, 11) is 0. The number of hydrogen-bond donors (Lipinski definition) is 1. The SMILES string of the molecule is O=C(COC(=O)C1=COCCO1)Nc1ccccc1Cc1ccccc1. The van der Waals surface area contributed by atoms with Gasteiger partial charge in [-0.15, -0.1) is 0 Å². The Kier molecular flexibility index (Phi) is 5.88. The van der Waals surface area contributed by atoms with Crippen molar-refractivity contribution in [3.8, 4) is 0 Å². The van der Waals surface area contributed by atoms with Gasteiger partial charge in [0.25, 0.3) is 5.91 Å². The molecule has 0 spiro atoms. The summed E-state index contributed by atoms with van der Waals surface area (Å²) >= 11 is 0. The predicted octanol–water partition coefficient (Wildman–Crippen LogP) is 2.65. The van der Waals surface area contributed by atoms with Gasteiger partial charge in [0.05, 0.1) is 0 Å². The highest BCUT2D eigenvalue weighted by atomic mass is 16.6. The molecule has 0 aromatic heterocycles. The molecule has 0 bridgehead atoms. The van der Waals surface area contributed by atoms with Crippen LogP contribution in [0.5, 0.6) is 0 Å². The second-order valence-corrected chi connectivity index (χ2v) is 5.65. The maximum Gasteiger partial charge on any atom is 0.377 e. The molecule has 0 fully saturated rings. The molecule has 1 amide bonds. The van der Waals surface area contributed by atoms with Crippen LogP contribution in [0.3, 0.4) is 0 Å². The Morgan fingerprint density at radius 3 is 2.54 bits per heavy atom. The first kappa shape index (κ1) is 17.5. The molecule has 1 heterocycles. The normalized spacial score (nSPS) is 13.0. The van der Waals surface area contributed by atoms with Gasteiger partial charge in [-0.25, -0.2) is 4.79 Å². The fourth-order valence-corrected chi connectivity index (χ4v) is 2.48. The van der Waals surface area contributed by atoms with Gasteiger partial charge >= 0.3 is 5.97 Å². The molecule has 134 valence electrons. The standard InChI is InChI=1S/C20H19NO5/c22-19(14-26-20(23)18-13-24-10-11-25-18)21-17-9-5-4-8-16(17)12-15-6-2-1-3-7-15/h1-9,13H,10-12,14H2,(H,21,22). The van der Waals surface area contributed by atoms with Crippen molar-refractivity contribution in [2.45, 2.75) is 6.42 Å². The summed E-state index contributed by atoms with van der Waals surface area (Å²) in [5.41, 5.74) is 2.81. The van der Waals surface area contributed by atoms with E-state index in [4.69, 9.17) is 14.2 Å². The van der Waals surface area contributed by atoms with E-state index in [0.717, 1.165) is 11.1 Å². The zero-order valence-electron chi connectivity index (χ0n) is 14.1. The van der Waals surface area contributed by atoms with Crippen molar-refractivity contribution in [3.05, 3.63) is 77.7 Å². The van der Waals surface area contributed by atoms with Crippen molar-refractivity contribution >= 4 is 17.6 Å². The molecule has 2 aromatic carbocycles. The van der Waals surface area contributed by atoms with Crippen molar-refractivity contribution in [1.82, 2.24) is 0 Å². The Balaban J connectivity index is 1.57. The van der Waals surface area contributed by atoms with E-state index in [1.807, 2.05) is 54.6 Å². The second kappa shape index (κ2) is 8.71. The molecule has 0 radical (unpaired) electrons. The maximum atomic E-state index is 12.1. The molecular weight excluding hydrogens is 334 g/mol. The van der Waals surface area contributed by atoms with Gasteiger partial charge in [-0.05, 0) is 23.6 Å². The molecule has 6 nitrogen and oxygen atoms in total. The Labute approximate surface area is 151 Å². The fourth-order valence-electron chi connectivity index (χ4n) is 2.48. The second-order valence-electron chi connectivity index (χ2n) is 5.65. The number of esters is 1. The van der Waals surface area contributed by atoms with Gasteiger partial charge in [-0.3, -0.25) is 4.79 Å². The lowest BCUT2D eigenvalue weighted by atomic mass is 10.0. The smallest absolute Gasteiger partial charge is 0.377 e. The molecule has 6 heteroatoms. The van der Waals surface area contributed by atoms with E-state index in [9.17, 15) is 9.59 Å². The lowest BCUT2D eigenvalue weighted by Crippen LogP contribution is -2.24. The van der Waals surface area contributed by atoms with Crippen LogP contribution in [0.15, 0.2) is 66.6 Å². The lowest BCUT2D eigenvalue weighted by Gasteiger charge is -2.15. The number of para-hydroxylation sites is 1. The molecule has 1 aliphatic rings. The number of rotatable bonds is 6. The van der Waals surface area contributed by atoms with Crippen molar-refractivity contribution in [3.63, 3.8) is 0 Å². The maximum absolute atomic E-state index is 12.1. The largest absolute Gasteiger partial charge is 0.493 e. The zero-order chi connectivity index (χ0) is 18.2. The van der Waals surface area contributed by atoms with E-state index in [0.29, 0.717) is 18.7 Å². The third kappa shape index (κ3) is 4.86. The highest BCUT2D eigenvalue weighted by Crippen LogP contribution is 2.19. The highest BCUT2D eigenvalue weighted by molar-refractivity contribution is 5.95. The molecule has 0 aliphatic carbocycles. The summed E-state index contributed by atoms with van der Waals surface area (Å²) in [6.07, 6.45) is 1.88. The third-order valence-electron chi connectivity index (χ3n) is 3.71. The van der Waals surface area contributed by atoms with Crippen LogP contribution in [-0.4, -0.2) is 31.7 Å². The summed E-state index contributed by atoms with van der Waals surface area (Å²) in [5.74, 6) is -1.18. The molecule has 1 N–H and O–H groups in total. The van der Waals surface area contributed by atoms with E-state index < -0.39 is 18.5 Å². The van der Waals surface area contributed by atoms with Crippen molar-refractivity contribution in [2.24, 2.45) is 0 Å². The Morgan fingerprint density at radius 2 is 1.77 bits per heavy atom. The summed E-state index contributed by atoms with van der Waals surface area (Å²) in [6.45, 7) is 0.259. The molecule has 0 saturated heterocycles. The number of nitrogens with one attached hydrogen (secondary N) is 1. The van der Waals surface area contributed by atoms with Gasteiger partial charge < -0.3 is 19.5 Å². The van der Waals surface area contributed by atoms with Crippen molar-refractivity contribution in [2.75, 3.05) is 25.1 Å². The van der Waals surface area contributed by atoms with E-state index >= 15 is 0 Å². The summed E-state index contributed by atoms with van der Waals surface area (Å²) < 4.78 is 15.0. The first-order valence-corrected chi connectivity index (χ1v) is 8.26. The average Bonchev–Trinajstić information content (AvgIpc) is 2.69. The van der Waals surface area contributed by atoms with Crippen LogP contribution in [0.4, 0.5) is 5.69 Å². The number of ether oxygens (including phenoxy) is 3. The minimum atomic E-state index is -0.725. The average molecular weight is 353 g/mol. The van der Waals surface area contributed by atoms with Crippen LogP contribution in [0, 0.1) is 0 Å². The van der Waals surface area contributed by atoms with Gasteiger partial charge in [0.2, 0.25) is 5.76 Å². The first-order valence-electron chi connectivity index (χ1n) is 8.26. The Hall–Kier alpha value is -3.28. The minimum Gasteiger partial charge on any atom is -0.493 e.